The Balaban J connectivity index is 2.99. The fourth-order valence-corrected chi connectivity index (χ4v) is 1.11. The zero-order valence-electron chi connectivity index (χ0n) is 7.63. The SMILES string of the molecule is CC(CN)(CF)c1ccc(O)cc1. The van der Waals surface area contributed by atoms with Gasteiger partial charge in [0.05, 0.1) is 6.67 Å². The normalized spacial score (nSPS) is 15.3. The van der Waals surface area contributed by atoms with Gasteiger partial charge in [0.15, 0.2) is 0 Å². The van der Waals surface area contributed by atoms with Crippen molar-refractivity contribution in [2.45, 2.75) is 12.3 Å². The van der Waals surface area contributed by atoms with E-state index in [4.69, 9.17) is 10.8 Å². The number of hydrogen-bond donors (Lipinski definition) is 2. The van der Waals surface area contributed by atoms with Crippen LogP contribution >= 0.6 is 0 Å². The van der Waals surface area contributed by atoms with Crippen molar-refractivity contribution in [2.24, 2.45) is 5.73 Å². The summed E-state index contributed by atoms with van der Waals surface area (Å²) in [6.45, 7) is 1.53. The first-order valence-electron chi connectivity index (χ1n) is 4.18. The number of phenolic OH excluding ortho intramolecular Hbond substituents is 1. The first kappa shape index (κ1) is 9.99. The van der Waals surface area contributed by atoms with Gasteiger partial charge in [-0.2, -0.15) is 0 Å². The molecule has 1 unspecified atom stereocenters. The molecular weight excluding hydrogens is 169 g/mol. The van der Waals surface area contributed by atoms with Gasteiger partial charge in [-0.1, -0.05) is 19.1 Å². The van der Waals surface area contributed by atoms with Crippen LogP contribution in [-0.2, 0) is 5.41 Å². The lowest BCUT2D eigenvalue weighted by Gasteiger charge is -2.24. The van der Waals surface area contributed by atoms with Crippen LogP contribution in [0.5, 0.6) is 5.75 Å². The van der Waals surface area contributed by atoms with Crippen molar-refractivity contribution in [3.8, 4) is 5.75 Å². The third kappa shape index (κ3) is 1.98. The number of halogens is 1. The Morgan fingerprint density at radius 2 is 1.92 bits per heavy atom. The van der Waals surface area contributed by atoms with Crippen molar-refractivity contribution in [3.63, 3.8) is 0 Å². The quantitative estimate of drug-likeness (QED) is 0.747. The number of aromatic hydroxyl groups is 1. The molecule has 1 rings (SSSR count). The van der Waals surface area contributed by atoms with Crippen molar-refractivity contribution in [2.75, 3.05) is 13.2 Å². The van der Waals surface area contributed by atoms with Crippen LogP contribution in [0.2, 0.25) is 0 Å². The molecule has 0 spiro atoms. The maximum absolute atomic E-state index is 12.7. The van der Waals surface area contributed by atoms with Gasteiger partial charge in [0.25, 0.3) is 0 Å². The summed E-state index contributed by atoms with van der Waals surface area (Å²) in [5.41, 5.74) is 5.67. The third-order valence-electron chi connectivity index (χ3n) is 2.31. The Hall–Kier alpha value is -1.09. The number of benzene rings is 1. The summed E-state index contributed by atoms with van der Waals surface area (Å²) >= 11 is 0. The van der Waals surface area contributed by atoms with Crippen molar-refractivity contribution in [1.29, 1.82) is 0 Å². The molecule has 0 saturated carbocycles. The van der Waals surface area contributed by atoms with Crippen LogP contribution in [0.25, 0.3) is 0 Å². The van der Waals surface area contributed by atoms with E-state index in [9.17, 15) is 4.39 Å². The second-order valence-electron chi connectivity index (χ2n) is 3.45. The second kappa shape index (κ2) is 3.75. The van der Waals surface area contributed by atoms with E-state index in [1.807, 2.05) is 0 Å². The van der Waals surface area contributed by atoms with Crippen molar-refractivity contribution >= 4 is 0 Å². The molecule has 0 aliphatic rings. The Kier molecular flexibility index (Phi) is 2.88. The minimum absolute atomic E-state index is 0.182. The van der Waals surface area contributed by atoms with Gasteiger partial charge in [-0.15, -0.1) is 0 Å². The molecule has 0 fully saturated rings. The Bertz CT molecular complexity index is 267. The van der Waals surface area contributed by atoms with Crippen LogP contribution in [0.3, 0.4) is 0 Å². The number of phenols is 1. The van der Waals surface area contributed by atoms with E-state index in [1.54, 1.807) is 31.2 Å². The Labute approximate surface area is 77.2 Å². The molecule has 0 aliphatic carbocycles. The highest BCUT2D eigenvalue weighted by Crippen LogP contribution is 2.24. The maximum Gasteiger partial charge on any atom is 0.115 e. The van der Waals surface area contributed by atoms with Crippen molar-refractivity contribution < 1.29 is 9.50 Å². The molecule has 3 heteroatoms. The fourth-order valence-electron chi connectivity index (χ4n) is 1.11. The number of rotatable bonds is 3. The van der Waals surface area contributed by atoms with Crippen LogP contribution in [0.4, 0.5) is 4.39 Å². The summed E-state index contributed by atoms with van der Waals surface area (Å²) in [5, 5.41) is 9.04. The first-order valence-corrected chi connectivity index (χ1v) is 4.18. The molecule has 0 heterocycles. The summed E-state index contributed by atoms with van der Waals surface area (Å²) in [5.74, 6) is 0.182. The van der Waals surface area contributed by atoms with E-state index in [0.29, 0.717) is 0 Å². The average molecular weight is 183 g/mol. The summed E-state index contributed by atoms with van der Waals surface area (Å²) in [7, 11) is 0. The van der Waals surface area contributed by atoms with Gasteiger partial charge in [-0.3, -0.25) is 4.39 Å². The number of hydrogen-bond acceptors (Lipinski definition) is 2. The Morgan fingerprint density at radius 1 is 1.38 bits per heavy atom. The molecule has 0 radical (unpaired) electrons. The highest BCUT2D eigenvalue weighted by atomic mass is 19.1. The molecule has 72 valence electrons. The predicted molar refractivity (Wildman–Crippen MR) is 50.5 cm³/mol. The highest BCUT2D eigenvalue weighted by Gasteiger charge is 2.24. The van der Waals surface area contributed by atoms with E-state index < -0.39 is 12.1 Å². The number of nitrogens with two attached hydrogens (primary N) is 1. The molecule has 0 saturated heterocycles. The van der Waals surface area contributed by atoms with Gasteiger partial charge >= 0.3 is 0 Å². The first-order chi connectivity index (χ1) is 6.12. The van der Waals surface area contributed by atoms with Gasteiger partial charge in [-0.05, 0) is 17.7 Å². The standard InChI is InChI=1S/C10H14FNO/c1-10(6-11,7-12)8-2-4-9(13)5-3-8/h2-5,13H,6-7,12H2,1H3. The lowest BCUT2D eigenvalue weighted by atomic mass is 9.84. The van der Waals surface area contributed by atoms with E-state index in [1.165, 1.54) is 0 Å². The average Bonchev–Trinajstić information content (AvgIpc) is 2.18. The number of alkyl halides is 1. The second-order valence-corrected chi connectivity index (χ2v) is 3.45. The molecule has 1 aromatic carbocycles. The van der Waals surface area contributed by atoms with Crippen LogP contribution in [0, 0.1) is 0 Å². The zero-order chi connectivity index (χ0) is 9.90. The molecule has 0 bridgehead atoms. The van der Waals surface area contributed by atoms with E-state index >= 15 is 0 Å². The topological polar surface area (TPSA) is 46.2 Å². The van der Waals surface area contributed by atoms with Crippen molar-refractivity contribution in [1.82, 2.24) is 0 Å². The van der Waals surface area contributed by atoms with Gasteiger partial charge < -0.3 is 10.8 Å². The third-order valence-corrected chi connectivity index (χ3v) is 2.31. The highest BCUT2D eigenvalue weighted by molar-refractivity contribution is 5.31. The predicted octanol–water partition coefficient (Wildman–Crippen LogP) is 1.58. The minimum Gasteiger partial charge on any atom is -0.508 e. The molecular formula is C10H14FNO. The van der Waals surface area contributed by atoms with E-state index in [2.05, 4.69) is 0 Å². The molecule has 1 atom stereocenters. The molecule has 0 aliphatic heterocycles. The summed E-state index contributed by atoms with van der Waals surface area (Å²) < 4.78 is 12.7. The summed E-state index contributed by atoms with van der Waals surface area (Å²) in [4.78, 5) is 0. The molecule has 3 N–H and O–H groups in total. The van der Waals surface area contributed by atoms with Gasteiger partial charge in [-0.25, -0.2) is 0 Å². The van der Waals surface area contributed by atoms with Gasteiger partial charge in [0.1, 0.15) is 5.75 Å². The van der Waals surface area contributed by atoms with Crippen LogP contribution in [-0.4, -0.2) is 18.3 Å². The summed E-state index contributed by atoms with van der Waals surface area (Å²) in [6.07, 6.45) is 0. The van der Waals surface area contributed by atoms with E-state index in [0.717, 1.165) is 5.56 Å². The van der Waals surface area contributed by atoms with Crippen LogP contribution < -0.4 is 5.73 Å². The lowest BCUT2D eigenvalue weighted by Crippen LogP contribution is -2.33. The fraction of sp³-hybridized carbons (Fsp3) is 0.400. The summed E-state index contributed by atoms with van der Waals surface area (Å²) in [6, 6.07) is 6.47. The van der Waals surface area contributed by atoms with Gasteiger partial charge in [0.2, 0.25) is 0 Å². The van der Waals surface area contributed by atoms with E-state index in [-0.39, 0.29) is 12.3 Å². The largest absolute Gasteiger partial charge is 0.508 e. The lowest BCUT2D eigenvalue weighted by molar-refractivity contribution is 0.333. The maximum atomic E-state index is 12.7. The monoisotopic (exact) mass is 183 g/mol. The smallest absolute Gasteiger partial charge is 0.115 e. The van der Waals surface area contributed by atoms with Gasteiger partial charge in [0, 0.05) is 12.0 Å². The minimum atomic E-state index is -0.631. The molecule has 0 aromatic heterocycles. The van der Waals surface area contributed by atoms with Crippen LogP contribution in [0.15, 0.2) is 24.3 Å². The zero-order valence-corrected chi connectivity index (χ0v) is 7.63. The Morgan fingerprint density at radius 3 is 2.31 bits per heavy atom. The molecule has 13 heavy (non-hydrogen) atoms. The molecule has 1 aromatic rings. The van der Waals surface area contributed by atoms with Crippen LogP contribution in [0.1, 0.15) is 12.5 Å². The van der Waals surface area contributed by atoms with Crippen molar-refractivity contribution in [3.05, 3.63) is 29.8 Å². The molecule has 0 amide bonds. The molecule has 2 nitrogen and oxygen atoms in total.